The van der Waals surface area contributed by atoms with Gasteiger partial charge in [-0.1, -0.05) is 32.4 Å². The number of fused-ring (bicyclic) bond motifs is 1. The van der Waals surface area contributed by atoms with Gasteiger partial charge in [0.1, 0.15) is 0 Å². The van der Waals surface area contributed by atoms with Crippen LogP contribution in [0.25, 0.3) is 10.9 Å². The van der Waals surface area contributed by atoms with E-state index in [1.54, 1.807) is 0 Å². The van der Waals surface area contributed by atoms with Crippen LogP contribution in [0.15, 0.2) is 30.5 Å². The lowest BCUT2D eigenvalue weighted by atomic mass is 10.1. The van der Waals surface area contributed by atoms with Crippen LogP contribution in [0.4, 0.5) is 0 Å². The Hall–Kier alpha value is -1.32. The molecule has 1 heterocycles. The number of ether oxygens (including phenoxy) is 1. The summed E-state index contributed by atoms with van der Waals surface area (Å²) in [4.78, 5) is 0. The molecular weight excluding hydrogens is 260 g/mol. The van der Waals surface area contributed by atoms with Crippen molar-refractivity contribution in [2.45, 2.75) is 46.2 Å². The van der Waals surface area contributed by atoms with Crippen LogP contribution in [0.1, 0.15) is 38.7 Å². The molecule has 21 heavy (non-hydrogen) atoms. The van der Waals surface area contributed by atoms with Crippen molar-refractivity contribution < 1.29 is 4.74 Å². The van der Waals surface area contributed by atoms with Crippen molar-refractivity contribution in [3.63, 3.8) is 0 Å². The molecule has 0 spiro atoms. The minimum atomic E-state index is 0.794. The first-order chi connectivity index (χ1) is 10.3. The highest BCUT2D eigenvalue weighted by Crippen LogP contribution is 2.17. The molecule has 0 bridgehead atoms. The average molecular weight is 288 g/mol. The average Bonchev–Trinajstić information content (AvgIpc) is 2.90. The lowest BCUT2D eigenvalue weighted by molar-refractivity contribution is 0.124. The van der Waals surface area contributed by atoms with Crippen LogP contribution in [-0.2, 0) is 17.8 Å². The fourth-order valence-corrected chi connectivity index (χ4v) is 2.46. The maximum Gasteiger partial charge on any atom is 0.0645 e. The molecule has 0 aliphatic heterocycles. The maximum atomic E-state index is 5.67. The van der Waals surface area contributed by atoms with Crippen LogP contribution in [0, 0.1) is 0 Å². The summed E-state index contributed by atoms with van der Waals surface area (Å²) >= 11 is 0. The number of aromatic nitrogens is 1. The molecule has 0 saturated carbocycles. The largest absolute Gasteiger partial charge is 0.380 e. The molecule has 0 aliphatic rings. The summed E-state index contributed by atoms with van der Waals surface area (Å²) < 4.78 is 7.97. The van der Waals surface area contributed by atoms with Crippen molar-refractivity contribution in [1.29, 1.82) is 0 Å². The van der Waals surface area contributed by atoms with Crippen LogP contribution in [0.5, 0.6) is 0 Å². The standard InChI is InChI=1S/C18H28N2O/c1-3-5-12-21-13-11-20-10-8-17-7-6-16(14-18(17)20)15-19-9-4-2/h6-8,10,14,19H,3-5,9,11-13,15H2,1-2H3. The molecule has 0 saturated heterocycles. The number of nitrogens with one attached hydrogen (secondary N) is 1. The van der Waals surface area contributed by atoms with Gasteiger partial charge in [0.05, 0.1) is 6.61 Å². The van der Waals surface area contributed by atoms with Gasteiger partial charge in [-0.2, -0.15) is 0 Å². The van der Waals surface area contributed by atoms with E-state index in [4.69, 9.17) is 4.74 Å². The van der Waals surface area contributed by atoms with Gasteiger partial charge in [0.25, 0.3) is 0 Å². The second-order valence-electron chi connectivity index (χ2n) is 5.55. The Balaban J connectivity index is 1.94. The smallest absolute Gasteiger partial charge is 0.0645 e. The van der Waals surface area contributed by atoms with E-state index in [0.29, 0.717) is 0 Å². The second-order valence-corrected chi connectivity index (χ2v) is 5.55. The second kappa shape index (κ2) is 8.85. The fraction of sp³-hybridized carbons (Fsp3) is 0.556. The summed E-state index contributed by atoms with van der Waals surface area (Å²) in [5.74, 6) is 0. The van der Waals surface area contributed by atoms with Gasteiger partial charge < -0.3 is 14.6 Å². The van der Waals surface area contributed by atoms with Crippen molar-refractivity contribution in [3.05, 3.63) is 36.0 Å². The number of hydrogen-bond donors (Lipinski definition) is 1. The Morgan fingerprint density at radius 2 is 2.00 bits per heavy atom. The molecule has 1 aromatic heterocycles. The highest BCUT2D eigenvalue weighted by molar-refractivity contribution is 5.80. The highest BCUT2D eigenvalue weighted by atomic mass is 16.5. The summed E-state index contributed by atoms with van der Waals surface area (Å²) in [5.41, 5.74) is 2.66. The van der Waals surface area contributed by atoms with E-state index in [9.17, 15) is 0 Å². The van der Waals surface area contributed by atoms with Crippen molar-refractivity contribution in [2.75, 3.05) is 19.8 Å². The third-order valence-corrected chi connectivity index (χ3v) is 3.71. The van der Waals surface area contributed by atoms with Crippen LogP contribution in [0.3, 0.4) is 0 Å². The van der Waals surface area contributed by atoms with E-state index in [0.717, 1.165) is 39.3 Å². The van der Waals surface area contributed by atoms with Gasteiger partial charge in [-0.25, -0.2) is 0 Å². The Morgan fingerprint density at radius 3 is 2.81 bits per heavy atom. The van der Waals surface area contributed by atoms with Gasteiger partial charge in [-0.3, -0.25) is 0 Å². The van der Waals surface area contributed by atoms with E-state index in [-0.39, 0.29) is 0 Å². The summed E-state index contributed by atoms with van der Waals surface area (Å²) in [6.07, 6.45) is 5.69. The van der Waals surface area contributed by atoms with Crippen molar-refractivity contribution >= 4 is 10.9 Å². The first kappa shape index (κ1) is 16.1. The molecule has 1 N–H and O–H groups in total. The minimum absolute atomic E-state index is 0.794. The van der Waals surface area contributed by atoms with Crippen LogP contribution >= 0.6 is 0 Å². The van der Waals surface area contributed by atoms with E-state index in [2.05, 4.69) is 54.2 Å². The number of rotatable bonds is 10. The number of unbranched alkanes of at least 4 members (excludes halogenated alkanes) is 1. The summed E-state index contributed by atoms with van der Waals surface area (Å²) in [6.45, 7) is 9.01. The van der Waals surface area contributed by atoms with E-state index < -0.39 is 0 Å². The topological polar surface area (TPSA) is 26.2 Å². The molecule has 2 rings (SSSR count). The summed E-state index contributed by atoms with van der Waals surface area (Å²) in [7, 11) is 0. The van der Waals surface area contributed by atoms with Gasteiger partial charge >= 0.3 is 0 Å². The van der Waals surface area contributed by atoms with Gasteiger partial charge in [0.15, 0.2) is 0 Å². The SMILES string of the molecule is CCCCOCCn1ccc2ccc(CNCCC)cc21. The number of hydrogen-bond acceptors (Lipinski definition) is 2. The summed E-state index contributed by atoms with van der Waals surface area (Å²) in [6, 6.07) is 8.91. The van der Waals surface area contributed by atoms with Crippen LogP contribution < -0.4 is 5.32 Å². The quantitative estimate of drug-likeness (QED) is 0.670. The fourth-order valence-electron chi connectivity index (χ4n) is 2.46. The zero-order chi connectivity index (χ0) is 14.9. The van der Waals surface area contributed by atoms with E-state index in [1.807, 2.05) is 0 Å². The first-order valence-corrected chi connectivity index (χ1v) is 8.21. The highest BCUT2D eigenvalue weighted by Gasteiger charge is 2.02. The minimum Gasteiger partial charge on any atom is -0.380 e. The molecule has 3 nitrogen and oxygen atoms in total. The Bertz CT molecular complexity index is 533. The third kappa shape index (κ3) is 4.87. The summed E-state index contributed by atoms with van der Waals surface area (Å²) in [5, 5.41) is 4.77. The van der Waals surface area contributed by atoms with Gasteiger partial charge in [-0.15, -0.1) is 0 Å². The molecule has 0 unspecified atom stereocenters. The molecule has 0 radical (unpaired) electrons. The first-order valence-electron chi connectivity index (χ1n) is 8.21. The van der Waals surface area contributed by atoms with Gasteiger partial charge in [0.2, 0.25) is 0 Å². The predicted octanol–water partition coefficient (Wildman–Crippen LogP) is 3.96. The number of nitrogens with zero attached hydrogens (tertiary/aromatic N) is 1. The number of benzene rings is 1. The molecular formula is C18H28N2O. The zero-order valence-corrected chi connectivity index (χ0v) is 13.4. The maximum absolute atomic E-state index is 5.67. The molecule has 0 fully saturated rings. The zero-order valence-electron chi connectivity index (χ0n) is 13.4. The van der Waals surface area contributed by atoms with E-state index in [1.165, 1.54) is 29.3 Å². The molecule has 2 aromatic rings. The van der Waals surface area contributed by atoms with Crippen LogP contribution in [0.2, 0.25) is 0 Å². The lowest BCUT2D eigenvalue weighted by Gasteiger charge is -2.08. The molecule has 1 aromatic carbocycles. The van der Waals surface area contributed by atoms with Gasteiger partial charge in [0, 0.05) is 31.4 Å². The van der Waals surface area contributed by atoms with Crippen molar-refractivity contribution in [3.8, 4) is 0 Å². The third-order valence-electron chi connectivity index (χ3n) is 3.71. The van der Waals surface area contributed by atoms with Crippen molar-refractivity contribution in [2.24, 2.45) is 0 Å². The Labute approximate surface area is 128 Å². The monoisotopic (exact) mass is 288 g/mol. The Kier molecular flexibility index (Phi) is 6.77. The van der Waals surface area contributed by atoms with E-state index >= 15 is 0 Å². The van der Waals surface area contributed by atoms with Crippen LogP contribution in [-0.4, -0.2) is 24.3 Å². The molecule has 3 heteroatoms. The predicted molar refractivity (Wildman–Crippen MR) is 89.7 cm³/mol. The Morgan fingerprint density at radius 1 is 1.10 bits per heavy atom. The molecule has 0 amide bonds. The van der Waals surface area contributed by atoms with Gasteiger partial charge in [-0.05, 0) is 42.5 Å². The lowest BCUT2D eigenvalue weighted by Crippen LogP contribution is -2.13. The molecule has 116 valence electrons. The van der Waals surface area contributed by atoms with Crippen molar-refractivity contribution in [1.82, 2.24) is 9.88 Å². The normalized spacial score (nSPS) is 11.3. The molecule has 0 aliphatic carbocycles. The molecule has 0 atom stereocenters.